The monoisotopic (exact) mass is 250 g/mol. The van der Waals surface area contributed by atoms with Crippen LogP contribution in [0.15, 0.2) is 0 Å². The van der Waals surface area contributed by atoms with Gasteiger partial charge in [-0.25, -0.2) is 4.98 Å². The summed E-state index contributed by atoms with van der Waals surface area (Å²) in [6.45, 7) is 2.05. The van der Waals surface area contributed by atoms with Gasteiger partial charge in [0, 0.05) is 30.3 Å². The molecule has 0 aromatic carbocycles. The van der Waals surface area contributed by atoms with Crippen molar-refractivity contribution in [3.05, 3.63) is 16.0 Å². The Bertz CT molecular complexity index is 464. The maximum Gasteiger partial charge on any atom is 0.198 e. The first kappa shape index (κ1) is 11.2. The minimum Gasteiger partial charge on any atom is -0.367 e. The van der Waals surface area contributed by atoms with Gasteiger partial charge in [-0.15, -0.1) is 0 Å². The van der Waals surface area contributed by atoms with Crippen LogP contribution in [-0.4, -0.2) is 29.1 Å². The fraction of sp³-hybridized carbons (Fsp3) is 0.667. The van der Waals surface area contributed by atoms with Gasteiger partial charge in [-0.05, 0) is 44.4 Å². The highest BCUT2D eigenvalue weighted by atomic mass is 32.1. The van der Waals surface area contributed by atoms with E-state index in [1.54, 1.807) is 0 Å². The minimum atomic E-state index is 0.604. The number of anilines is 1. The third kappa shape index (κ3) is 2.35. The molecule has 4 nitrogen and oxygen atoms in total. The van der Waals surface area contributed by atoms with Gasteiger partial charge >= 0.3 is 0 Å². The van der Waals surface area contributed by atoms with Crippen LogP contribution in [0.3, 0.4) is 0 Å². The van der Waals surface area contributed by atoms with E-state index in [9.17, 15) is 0 Å². The van der Waals surface area contributed by atoms with Crippen molar-refractivity contribution in [2.75, 3.05) is 18.4 Å². The molecule has 17 heavy (non-hydrogen) atoms. The van der Waals surface area contributed by atoms with E-state index >= 15 is 0 Å². The molecule has 3 N–H and O–H groups in total. The van der Waals surface area contributed by atoms with Gasteiger partial charge in [0.25, 0.3) is 0 Å². The molecule has 0 atom stereocenters. The summed E-state index contributed by atoms with van der Waals surface area (Å²) in [7, 11) is 0. The molecule has 0 amide bonds. The van der Waals surface area contributed by atoms with Gasteiger partial charge in [-0.1, -0.05) is 0 Å². The number of aromatic nitrogens is 2. The summed E-state index contributed by atoms with van der Waals surface area (Å²) in [5.74, 6) is 1.03. The van der Waals surface area contributed by atoms with Gasteiger partial charge in [0.2, 0.25) is 0 Å². The molecule has 0 saturated heterocycles. The zero-order valence-corrected chi connectivity index (χ0v) is 10.7. The molecule has 1 aromatic heterocycles. The van der Waals surface area contributed by atoms with Crippen LogP contribution in [0, 0.1) is 4.77 Å². The van der Waals surface area contributed by atoms with Crippen molar-refractivity contribution in [3.63, 3.8) is 0 Å². The molecule has 0 unspecified atom stereocenters. The summed E-state index contributed by atoms with van der Waals surface area (Å²) < 4.78 is 0.604. The fourth-order valence-electron chi connectivity index (χ4n) is 2.44. The molecule has 0 spiro atoms. The van der Waals surface area contributed by atoms with Crippen LogP contribution in [-0.2, 0) is 12.8 Å². The predicted molar refractivity (Wildman–Crippen MR) is 71.0 cm³/mol. The van der Waals surface area contributed by atoms with Crippen LogP contribution in [0.1, 0.15) is 30.5 Å². The van der Waals surface area contributed by atoms with Crippen molar-refractivity contribution in [3.8, 4) is 0 Å². The van der Waals surface area contributed by atoms with Crippen molar-refractivity contribution in [2.45, 2.75) is 38.1 Å². The number of nitrogens with zero attached hydrogens (tertiary/aromatic N) is 1. The van der Waals surface area contributed by atoms with E-state index in [1.807, 2.05) is 0 Å². The van der Waals surface area contributed by atoms with Gasteiger partial charge in [0.05, 0.1) is 0 Å². The van der Waals surface area contributed by atoms with Crippen LogP contribution in [0.5, 0.6) is 0 Å². The Kier molecular flexibility index (Phi) is 3.11. The molecule has 92 valence electrons. The Hall–Kier alpha value is -0.940. The molecule has 2 aliphatic rings. The zero-order chi connectivity index (χ0) is 11.7. The van der Waals surface area contributed by atoms with Crippen molar-refractivity contribution < 1.29 is 0 Å². The summed E-state index contributed by atoms with van der Waals surface area (Å²) in [6.07, 6.45) is 5.91. The normalized spacial score (nSPS) is 20.2. The number of hydrogen-bond acceptors (Lipinski definition) is 4. The van der Waals surface area contributed by atoms with Gasteiger partial charge in [0.15, 0.2) is 4.77 Å². The molecule has 1 aromatic rings. The molecule has 1 fully saturated rings. The highest BCUT2D eigenvalue weighted by molar-refractivity contribution is 7.71. The Morgan fingerprint density at radius 2 is 2.06 bits per heavy atom. The molecule has 1 saturated carbocycles. The van der Waals surface area contributed by atoms with Crippen LogP contribution in [0.4, 0.5) is 5.82 Å². The average molecular weight is 250 g/mol. The minimum absolute atomic E-state index is 0.604. The average Bonchev–Trinajstić information content (AvgIpc) is 2.48. The highest BCUT2D eigenvalue weighted by Gasteiger charge is 2.20. The smallest absolute Gasteiger partial charge is 0.198 e. The quantitative estimate of drug-likeness (QED) is 0.701. The fourth-order valence-corrected chi connectivity index (χ4v) is 2.66. The lowest BCUT2D eigenvalue weighted by Crippen LogP contribution is -2.28. The summed E-state index contributed by atoms with van der Waals surface area (Å²) >= 11 is 5.21. The number of H-pyrrole nitrogens is 1. The van der Waals surface area contributed by atoms with E-state index in [0.717, 1.165) is 31.7 Å². The largest absolute Gasteiger partial charge is 0.367 e. The van der Waals surface area contributed by atoms with Crippen LogP contribution >= 0.6 is 12.2 Å². The Labute approximate surface area is 106 Å². The molecular weight excluding hydrogens is 232 g/mol. The van der Waals surface area contributed by atoms with Crippen molar-refractivity contribution >= 4 is 18.0 Å². The predicted octanol–water partition coefficient (Wildman–Crippen LogP) is 1.79. The molecule has 2 heterocycles. The second-order valence-corrected chi connectivity index (χ2v) is 5.26. The van der Waals surface area contributed by atoms with Gasteiger partial charge in [-0.2, -0.15) is 0 Å². The number of fused-ring (bicyclic) bond motifs is 1. The number of hydrogen-bond donors (Lipinski definition) is 3. The third-order valence-electron chi connectivity index (χ3n) is 3.67. The van der Waals surface area contributed by atoms with Crippen LogP contribution in [0.25, 0.3) is 0 Å². The van der Waals surface area contributed by atoms with E-state index in [1.165, 1.54) is 30.5 Å². The van der Waals surface area contributed by atoms with Crippen LogP contribution in [0.2, 0.25) is 0 Å². The van der Waals surface area contributed by atoms with Crippen molar-refractivity contribution in [1.82, 2.24) is 15.3 Å². The molecule has 1 aliphatic heterocycles. The summed E-state index contributed by atoms with van der Waals surface area (Å²) in [5.41, 5.74) is 2.59. The number of nitrogens with one attached hydrogen (secondary N) is 3. The molecule has 0 radical (unpaired) electrons. The lowest BCUT2D eigenvalue weighted by atomic mass is 9.93. The molecule has 3 rings (SSSR count). The van der Waals surface area contributed by atoms with E-state index in [4.69, 9.17) is 12.2 Å². The summed E-state index contributed by atoms with van der Waals surface area (Å²) in [5, 5.41) is 6.96. The Morgan fingerprint density at radius 1 is 1.24 bits per heavy atom. The van der Waals surface area contributed by atoms with Crippen LogP contribution < -0.4 is 10.6 Å². The van der Waals surface area contributed by atoms with E-state index in [0.29, 0.717) is 10.8 Å². The second-order valence-electron chi connectivity index (χ2n) is 4.87. The van der Waals surface area contributed by atoms with E-state index in [2.05, 4.69) is 20.6 Å². The highest BCUT2D eigenvalue weighted by Crippen LogP contribution is 2.25. The standard InChI is InChI=1S/C12H18N4S/c17-12-15-10-5-7-13-6-4-9(10)11(16-12)14-8-2-1-3-8/h8,13H,1-7H2,(H2,14,15,16,17). The Morgan fingerprint density at radius 3 is 2.82 bits per heavy atom. The summed E-state index contributed by atoms with van der Waals surface area (Å²) in [6, 6.07) is 0.611. The van der Waals surface area contributed by atoms with Gasteiger partial charge in [0.1, 0.15) is 5.82 Å². The summed E-state index contributed by atoms with van der Waals surface area (Å²) in [4.78, 5) is 7.71. The Balaban J connectivity index is 1.94. The van der Waals surface area contributed by atoms with Gasteiger partial charge < -0.3 is 15.6 Å². The lowest BCUT2D eigenvalue weighted by molar-refractivity contribution is 0.444. The third-order valence-corrected chi connectivity index (χ3v) is 3.86. The molecular formula is C12H18N4S. The topological polar surface area (TPSA) is 52.7 Å². The first-order chi connectivity index (χ1) is 8.33. The molecule has 1 aliphatic carbocycles. The van der Waals surface area contributed by atoms with E-state index in [-0.39, 0.29) is 0 Å². The zero-order valence-electron chi connectivity index (χ0n) is 9.88. The van der Waals surface area contributed by atoms with E-state index < -0.39 is 0 Å². The number of rotatable bonds is 2. The maximum absolute atomic E-state index is 5.21. The first-order valence-electron chi connectivity index (χ1n) is 6.42. The van der Waals surface area contributed by atoms with Gasteiger partial charge in [-0.3, -0.25) is 0 Å². The maximum atomic E-state index is 5.21. The molecule has 0 bridgehead atoms. The lowest BCUT2D eigenvalue weighted by Gasteiger charge is -2.28. The molecule has 5 heteroatoms. The SMILES string of the molecule is S=c1nc(NC2CCC2)c2c([nH]1)CCNCC2. The van der Waals surface area contributed by atoms with Crippen molar-refractivity contribution in [2.24, 2.45) is 0 Å². The van der Waals surface area contributed by atoms with Crippen molar-refractivity contribution in [1.29, 1.82) is 0 Å². The first-order valence-corrected chi connectivity index (χ1v) is 6.83. The number of aromatic amines is 1. The second kappa shape index (κ2) is 4.74.